The summed E-state index contributed by atoms with van der Waals surface area (Å²) in [4.78, 5) is 61.1. The van der Waals surface area contributed by atoms with Gasteiger partial charge in [0.15, 0.2) is 34.7 Å². The number of rotatable bonds is 9. The second kappa shape index (κ2) is 17.9. The first-order valence-corrected chi connectivity index (χ1v) is 21.9. The zero-order valence-electron chi connectivity index (χ0n) is 36.5. The van der Waals surface area contributed by atoms with E-state index in [1.54, 1.807) is 11.8 Å². The van der Waals surface area contributed by atoms with Crippen LogP contribution in [0.1, 0.15) is 137 Å². The van der Waals surface area contributed by atoms with Gasteiger partial charge in [-0.05, 0) is 73.1 Å². The highest BCUT2D eigenvalue weighted by Crippen LogP contribution is 2.45. The van der Waals surface area contributed by atoms with Gasteiger partial charge < -0.3 is 19.6 Å². The molecule has 4 amide bonds. The molecule has 4 aromatic rings. The van der Waals surface area contributed by atoms with Crippen molar-refractivity contribution in [2.75, 3.05) is 19.6 Å². The molecule has 2 aromatic carbocycles. The topological polar surface area (TPSA) is 139 Å². The Morgan fingerprint density at radius 2 is 1.15 bits per heavy atom. The molecule has 4 aliphatic heterocycles. The Morgan fingerprint density at radius 1 is 0.657 bits per heavy atom. The summed E-state index contributed by atoms with van der Waals surface area (Å²) < 4.78 is 141. The molecule has 2 aromatic heterocycles. The van der Waals surface area contributed by atoms with Crippen molar-refractivity contribution in [2.45, 2.75) is 116 Å². The molecule has 2 N–H and O–H groups in total. The molecule has 2 fully saturated rings. The van der Waals surface area contributed by atoms with Gasteiger partial charge in [-0.15, -0.1) is 0 Å². The van der Waals surface area contributed by atoms with Crippen LogP contribution in [-0.4, -0.2) is 89.3 Å². The molecule has 0 aliphatic carbocycles. The molecular weight excluding hydrogens is 907 g/mol. The van der Waals surface area contributed by atoms with Crippen LogP contribution in [-0.2, 0) is 48.1 Å². The Balaban J connectivity index is 0.980. The number of amides is 4. The van der Waals surface area contributed by atoms with Crippen molar-refractivity contribution >= 4 is 23.6 Å². The average Bonchev–Trinajstić information content (AvgIpc) is 4.06. The third-order valence-electron chi connectivity index (χ3n) is 13.5. The summed E-state index contributed by atoms with van der Waals surface area (Å²) in [6.07, 6.45) is -10.4. The minimum Gasteiger partial charge on any atom is -0.337 e. The molecule has 22 heteroatoms. The number of fused-ring (bicyclic) bond motifs is 2. The SMILES string of the molecule is CC(C)CC(=O)N1Cc2[nH]nc(C(=O)N3CCC(c4ccc(F)c(F)c4C(F)(F)F)CC3CC(C)C(=O)N3Cc4[nH]nc(C(=O)N5CCC(c6ccc(F)c(F)c6C(F)(F)F)CC5)c4C3)c2C1. The molecule has 0 radical (unpaired) electrons. The Bertz CT molecular complexity index is 2600. The van der Waals surface area contributed by atoms with E-state index >= 15 is 0 Å². The van der Waals surface area contributed by atoms with E-state index in [0.717, 1.165) is 12.1 Å². The number of nitrogens with zero attached hydrogens (tertiary/aromatic N) is 6. The number of hydrogen-bond acceptors (Lipinski definition) is 6. The van der Waals surface area contributed by atoms with Gasteiger partial charge in [0.2, 0.25) is 11.8 Å². The van der Waals surface area contributed by atoms with Crippen molar-refractivity contribution in [3.05, 3.63) is 104 Å². The van der Waals surface area contributed by atoms with E-state index in [-0.39, 0.29) is 108 Å². The molecule has 0 saturated carbocycles. The molecule has 0 bridgehead atoms. The third kappa shape index (κ3) is 9.11. The first kappa shape index (κ1) is 47.5. The van der Waals surface area contributed by atoms with Gasteiger partial charge in [-0.3, -0.25) is 29.4 Å². The average molecular weight is 953 g/mol. The fraction of sp³-hybridized carbons (Fsp3) is 0.511. The number of carbonyl (C=O) groups excluding carboxylic acids is 4. The second-order valence-corrected chi connectivity index (χ2v) is 18.3. The summed E-state index contributed by atoms with van der Waals surface area (Å²) in [5.74, 6) is -11.6. The van der Waals surface area contributed by atoms with Gasteiger partial charge in [0.25, 0.3) is 11.8 Å². The highest BCUT2D eigenvalue weighted by Gasteiger charge is 2.45. The summed E-state index contributed by atoms with van der Waals surface area (Å²) in [5, 5.41) is 14.0. The summed E-state index contributed by atoms with van der Waals surface area (Å²) in [6, 6.07) is 2.15. The number of alkyl halides is 6. The lowest BCUT2D eigenvalue weighted by atomic mass is 9.80. The van der Waals surface area contributed by atoms with Crippen LogP contribution in [0.3, 0.4) is 0 Å². The lowest BCUT2D eigenvalue weighted by molar-refractivity contribution is -0.142. The summed E-state index contributed by atoms with van der Waals surface area (Å²) in [7, 11) is 0. The van der Waals surface area contributed by atoms with Gasteiger partial charge in [-0.1, -0.05) is 32.9 Å². The van der Waals surface area contributed by atoms with Crippen molar-refractivity contribution < 1.29 is 63.1 Å². The van der Waals surface area contributed by atoms with Crippen LogP contribution in [0.25, 0.3) is 0 Å². The van der Waals surface area contributed by atoms with Crippen LogP contribution in [0.2, 0.25) is 0 Å². The minimum atomic E-state index is -5.25. The monoisotopic (exact) mass is 952 g/mol. The van der Waals surface area contributed by atoms with Gasteiger partial charge >= 0.3 is 12.4 Å². The number of benzene rings is 2. The van der Waals surface area contributed by atoms with E-state index in [2.05, 4.69) is 20.4 Å². The molecule has 2 saturated heterocycles. The third-order valence-corrected chi connectivity index (χ3v) is 13.5. The summed E-state index contributed by atoms with van der Waals surface area (Å²) >= 11 is 0. The predicted octanol–water partition coefficient (Wildman–Crippen LogP) is 8.59. The Hall–Kier alpha value is -5.96. The molecule has 3 atom stereocenters. The van der Waals surface area contributed by atoms with E-state index in [0.29, 0.717) is 34.6 Å². The van der Waals surface area contributed by atoms with Crippen LogP contribution >= 0.6 is 0 Å². The predicted molar refractivity (Wildman–Crippen MR) is 216 cm³/mol. The first-order chi connectivity index (χ1) is 31.5. The van der Waals surface area contributed by atoms with Crippen molar-refractivity contribution in [3.8, 4) is 0 Å². The van der Waals surface area contributed by atoms with Crippen LogP contribution in [0.15, 0.2) is 24.3 Å². The normalized spacial score (nSPS) is 19.6. The number of hydrogen-bond donors (Lipinski definition) is 2. The number of piperidine rings is 2. The van der Waals surface area contributed by atoms with Crippen molar-refractivity contribution in [1.29, 1.82) is 0 Å². The molecular formula is C45H46F10N8O4. The molecule has 8 rings (SSSR count). The minimum absolute atomic E-state index is 0.0115. The Kier molecular flexibility index (Phi) is 12.7. The number of nitrogens with one attached hydrogen (secondary N) is 2. The van der Waals surface area contributed by atoms with E-state index in [1.165, 1.54) is 14.7 Å². The quantitative estimate of drug-likeness (QED) is 0.161. The number of likely N-dealkylation sites (tertiary alicyclic amines) is 2. The Morgan fingerprint density at radius 3 is 1.69 bits per heavy atom. The smallest absolute Gasteiger partial charge is 0.337 e. The molecule has 6 heterocycles. The maximum Gasteiger partial charge on any atom is 0.419 e. The fourth-order valence-electron chi connectivity index (χ4n) is 10.2. The van der Waals surface area contributed by atoms with Crippen molar-refractivity contribution in [1.82, 2.24) is 40.0 Å². The number of carbonyl (C=O) groups is 4. The number of halogens is 10. The lowest BCUT2D eigenvalue weighted by Crippen LogP contribution is -2.48. The van der Waals surface area contributed by atoms with Gasteiger partial charge in [0.05, 0.1) is 48.7 Å². The van der Waals surface area contributed by atoms with Gasteiger partial charge in [0.1, 0.15) is 0 Å². The van der Waals surface area contributed by atoms with E-state index in [1.807, 2.05) is 13.8 Å². The standard InChI is InChI=1S/C45H46F10N8O4/c1-21(2)14-34(64)61-17-28-32(19-61)56-59-40(28)43(67)63-13-10-24(27-5-7-31(47)38(49)36(27)45(53,54)55)16-25(63)15-22(3)41(65)62-18-29-33(20-62)57-58-39(29)42(66)60-11-8-23(9-12-60)26-4-6-30(46)37(48)35(26)44(50,51)52/h4-7,21-25H,8-20H2,1-3H3,(H,56,59)(H,57,58). The molecule has 3 unspecified atom stereocenters. The zero-order chi connectivity index (χ0) is 48.4. The second-order valence-electron chi connectivity index (χ2n) is 18.3. The van der Waals surface area contributed by atoms with Crippen LogP contribution in [0, 0.1) is 35.1 Å². The molecule has 0 spiro atoms. The van der Waals surface area contributed by atoms with Gasteiger partial charge in [-0.2, -0.15) is 36.5 Å². The largest absolute Gasteiger partial charge is 0.419 e. The lowest BCUT2D eigenvalue weighted by Gasteiger charge is -2.41. The molecule has 67 heavy (non-hydrogen) atoms. The number of aromatic nitrogens is 4. The maximum atomic E-state index is 14.9. The highest BCUT2D eigenvalue weighted by atomic mass is 19.4. The summed E-state index contributed by atoms with van der Waals surface area (Å²) in [5.41, 5.74) is -2.41. The zero-order valence-corrected chi connectivity index (χ0v) is 36.5. The van der Waals surface area contributed by atoms with Crippen molar-refractivity contribution in [3.63, 3.8) is 0 Å². The molecule has 360 valence electrons. The highest BCUT2D eigenvalue weighted by molar-refractivity contribution is 5.95. The van der Waals surface area contributed by atoms with Crippen LogP contribution in [0.5, 0.6) is 0 Å². The molecule has 4 aliphatic rings. The van der Waals surface area contributed by atoms with E-state index in [9.17, 15) is 63.1 Å². The van der Waals surface area contributed by atoms with Gasteiger partial charge in [0, 0.05) is 49.1 Å². The van der Waals surface area contributed by atoms with Crippen molar-refractivity contribution in [2.24, 2.45) is 11.8 Å². The first-order valence-electron chi connectivity index (χ1n) is 21.9. The van der Waals surface area contributed by atoms with Crippen LogP contribution in [0.4, 0.5) is 43.9 Å². The molecule has 12 nitrogen and oxygen atoms in total. The fourth-order valence-corrected chi connectivity index (χ4v) is 10.2. The van der Waals surface area contributed by atoms with Crippen LogP contribution < -0.4 is 0 Å². The van der Waals surface area contributed by atoms with Gasteiger partial charge in [-0.25, -0.2) is 17.6 Å². The number of aromatic amines is 2. The van der Waals surface area contributed by atoms with E-state index < -0.39 is 99.4 Å². The Labute approximate surface area is 377 Å². The summed E-state index contributed by atoms with van der Waals surface area (Å²) in [6.45, 7) is 5.40. The maximum absolute atomic E-state index is 14.9. The van der Waals surface area contributed by atoms with E-state index in [4.69, 9.17) is 0 Å². The number of H-pyrrole nitrogens is 2.